The standard InChI is InChI=1S/C13H15N3O/c1-2-7-14-13-15-12(16-17-13)11-8-9-5-3-4-6-10(9)11/h3-6,11H,2,7-8H2,1H3,(H,14,15,16). The molecule has 17 heavy (non-hydrogen) atoms. The van der Waals surface area contributed by atoms with E-state index in [9.17, 15) is 0 Å². The Bertz CT molecular complexity index is 521. The molecule has 4 heteroatoms. The van der Waals surface area contributed by atoms with Gasteiger partial charge in [0.15, 0.2) is 5.82 Å². The largest absolute Gasteiger partial charge is 0.338 e. The van der Waals surface area contributed by atoms with E-state index in [2.05, 4.69) is 46.6 Å². The third kappa shape index (κ3) is 1.79. The Morgan fingerprint density at radius 2 is 2.29 bits per heavy atom. The Morgan fingerprint density at radius 3 is 3.12 bits per heavy atom. The third-order valence-corrected chi connectivity index (χ3v) is 3.13. The van der Waals surface area contributed by atoms with Crippen molar-refractivity contribution in [2.75, 3.05) is 11.9 Å². The molecular formula is C13H15N3O. The van der Waals surface area contributed by atoms with Gasteiger partial charge in [0.05, 0.1) is 5.92 Å². The van der Waals surface area contributed by atoms with Gasteiger partial charge in [-0.3, -0.25) is 0 Å². The van der Waals surface area contributed by atoms with Gasteiger partial charge in [0.2, 0.25) is 0 Å². The molecule has 2 aromatic rings. The molecule has 0 spiro atoms. The number of fused-ring (bicyclic) bond motifs is 1. The molecule has 88 valence electrons. The van der Waals surface area contributed by atoms with Crippen LogP contribution in [0, 0.1) is 0 Å². The summed E-state index contributed by atoms with van der Waals surface area (Å²) in [5, 5.41) is 7.14. The topological polar surface area (TPSA) is 51.0 Å². The Balaban J connectivity index is 1.76. The molecular weight excluding hydrogens is 214 g/mol. The zero-order valence-electron chi connectivity index (χ0n) is 9.81. The van der Waals surface area contributed by atoms with E-state index in [-0.39, 0.29) is 0 Å². The molecule has 0 aliphatic heterocycles. The summed E-state index contributed by atoms with van der Waals surface area (Å²) in [6, 6.07) is 8.95. The van der Waals surface area contributed by atoms with Crippen molar-refractivity contribution in [2.24, 2.45) is 0 Å². The minimum atomic E-state index is 0.312. The SMILES string of the molecule is CCCNc1nc(C2Cc3ccccc32)no1. The first kappa shape index (κ1) is 10.3. The van der Waals surface area contributed by atoms with Gasteiger partial charge >= 0.3 is 6.01 Å². The zero-order chi connectivity index (χ0) is 11.7. The van der Waals surface area contributed by atoms with Crippen LogP contribution in [-0.2, 0) is 6.42 Å². The van der Waals surface area contributed by atoms with E-state index in [1.54, 1.807) is 0 Å². The number of aromatic nitrogens is 2. The second kappa shape index (κ2) is 4.20. The fourth-order valence-electron chi connectivity index (χ4n) is 2.17. The highest BCUT2D eigenvalue weighted by molar-refractivity contribution is 5.44. The second-order valence-electron chi connectivity index (χ2n) is 4.34. The van der Waals surface area contributed by atoms with Crippen molar-refractivity contribution in [1.82, 2.24) is 10.1 Å². The predicted molar refractivity (Wildman–Crippen MR) is 65.1 cm³/mol. The van der Waals surface area contributed by atoms with Crippen molar-refractivity contribution in [3.8, 4) is 0 Å². The van der Waals surface area contributed by atoms with E-state index < -0.39 is 0 Å². The smallest absolute Gasteiger partial charge is 0.321 e. The molecule has 1 aliphatic carbocycles. The molecule has 0 amide bonds. The van der Waals surface area contributed by atoms with Gasteiger partial charge in [-0.1, -0.05) is 36.3 Å². The Kier molecular flexibility index (Phi) is 2.55. The minimum absolute atomic E-state index is 0.312. The van der Waals surface area contributed by atoms with Crippen molar-refractivity contribution in [1.29, 1.82) is 0 Å². The lowest BCUT2D eigenvalue weighted by atomic mass is 9.77. The van der Waals surface area contributed by atoms with E-state index in [0.29, 0.717) is 11.9 Å². The molecule has 1 aromatic heterocycles. The molecule has 1 aliphatic rings. The molecule has 0 radical (unpaired) electrons. The summed E-state index contributed by atoms with van der Waals surface area (Å²) in [5.74, 6) is 1.11. The monoisotopic (exact) mass is 229 g/mol. The van der Waals surface area contributed by atoms with E-state index >= 15 is 0 Å². The summed E-state index contributed by atoms with van der Waals surface area (Å²) in [6.07, 6.45) is 2.06. The molecule has 1 N–H and O–H groups in total. The van der Waals surface area contributed by atoms with E-state index in [1.807, 2.05) is 0 Å². The number of rotatable bonds is 4. The van der Waals surface area contributed by atoms with Crippen LogP contribution in [0.2, 0.25) is 0 Å². The molecule has 0 bridgehead atoms. The summed E-state index contributed by atoms with van der Waals surface area (Å²) in [6.45, 7) is 2.97. The Hall–Kier alpha value is -1.84. The Morgan fingerprint density at radius 1 is 1.41 bits per heavy atom. The minimum Gasteiger partial charge on any atom is -0.338 e. The van der Waals surface area contributed by atoms with Crippen LogP contribution in [0.3, 0.4) is 0 Å². The number of benzene rings is 1. The normalized spacial score (nSPS) is 17.4. The highest BCUT2D eigenvalue weighted by atomic mass is 16.5. The predicted octanol–water partition coefficient (Wildman–Crippen LogP) is 2.58. The number of nitrogens with one attached hydrogen (secondary N) is 1. The van der Waals surface area contributed by atoms with Crippen LogP contribution in [0.25, 0.3) is 0 Å². The van der Waals surface area contributed by atoms with Crippen molar-refractivity contribution >= 4 is 6.01 Å². The molecule has 1 atom stereocenters. The van der Waals surface area contributed by atoms with Crippen LogP contribution >= 0.6 is 0 Å². The fraction of sp³-hybridized carbons (Fsp3) is 0.385. The summed E-state index contributed by atoms with van der Waals surface area (Å²) in [5.41, 5.74) is 2.72. The van der Waals surface area contributed by atoms with Gasteiger partial charge in [-0.2, -0.15) is 4.98 Å². The summed E-state index contributed by atoms with van der Waals surface area (Å²) >= 11 is 0. The zero-order valence-corrected chi connectivity index (χ0v) is 9.81. The summed E-state index contributed by atoms with van der Waals surface area (Å²) in [7, 11) is 0. The maximum atomic E-state index is 5.17. The molecule has 4 nitrogen and oxygen atoms in total. The Labute approximate surface area is 100 Å². The van der Waals surface area contributed by atoms with Crippen molar-refractivity contribution < 1.29 is 4.52 Å². The van der Waals surface area contributed by atoms with Crippen molar-refractivity contribution in [3.63, 3.8) is 0 Å². The molecule has 1 aromatic carbocycles. The van der Waals surface area contributed by atoms with E-state index in [1.165, 1.54) is 11.1 Å². The van der Waals surface area contributed by atoms with Gasteiger partial charge < -0.3 is 9.84 Å². The number of hydrogen-bond donors (Lipinski definition) is 1. The van der Waals surface area contributed by atoms with Crippen LogP contribution < -0.4 is 5.32 Å². The van der Waals surface area contributed by atoms with Gasteiger partial charge in [0.1, 0.15) is 0 Å². The maximum Gasteiger partial charge on any atom is 0.321 e. The molecule has 0 fully saturated rings. The lowest BCUT2D eigenvalue weighted by molar-refractivity contribution is 0.416. The average Bonchev–Trinajstić information content (AvgIpc) is 2.76. The van der Waals surface area contributed by atoms with Gasteiger partial charge in [0.25, 0.3) is 0 Å². The van der Waals surface area contributed by atoms with E-state index in [0.717, 1.165) is 25.2 Å². The molecule has 1 unspecified atom stereocenters. The number of nitrogens with zero attached hydrogens (tertiary/aromatic N) is 2. The number of hydrogen-bond acceptors (Lipinski definition) is 4. The molecule has 3 rings (SSSR count). The van der Waals surface area contributed by atoms with Crippen LogP contribution in [0.5, 0.6) is 0 Å². The highest BCUT2D eigenvalue weighted by Gasteiger charge is 2.30. The first-order valence-electron chi connectivity index (χ1n) is 6.03. The lowest BCUT2D eigenvalue weighted by Crippen LogP contribution is -2.19. The van der Waals surface area contributed by atoms with Gasteiger partial charge in [-0.05, 0) is 24.0 Å². The van der Waals surface area contributed by atoms with Crippen molar-refractivity contribution in [2.45, 2.75) is 25.7 Å². The first-order valence-corrected chi connectivity index (χ1v) is 6.03. The quantitative estimate of drug-likeness (QED) is 0.875. The maximum absolute atomic E-state index is 5.17. The fourth-order valence-corrected chi connectivity index (χ4v) is 2.17. The van der Waals surface area contributed by atoms with Gasteiger partial charge in [0, 0.05) is 6.54 Å². The van der Waals surface area contributed by atoms with Gasteiger partial charge in [-0.15, -0.1) is 0 Å². The van der Waals surface area contributed by atoms with Crippen LogP contribution in [-0.4, -0.2) is 16.7 Å². The molecule has 1 heterocycles. The van der Waals surface area contributed by atoms with Crippen LogP contribution in [0.1, 0.15) is 36.2 Å². The third-order valence-electron chi connectivity index (χ3n) is 3.13. The van der Waals surface area contributed by atoms with E-state index in [4.69, 9.17) is 4.52 Å². The lowest BCUT2D eigenvalue weighted by Gasteiger charge is -2.26. The molecule has 0 saturated heterocycles. The highest BCUT2D eigenvalue weighted by Crippen LogP contribution is 2.38. The number of anilines is 1. The van der Waals surface area contributed by atoms with Gasteiger partial charge in [-0.25, -0.2) is 0 Å². The first-order chi connectivity index (χ1) is 8.38. The van der Waals surface area contributed by atoms with Crippen molar-refractivity contribution in [3.05, 3.63) is 41.2 Å². The average molecular weight is 229 g/mol. The summed E-state index contributed by atoms with van der Waals surface area (Å²) in [4.78, 5) is 4.38. The second-order valence-corrected chi connectivity index (χ2v) is 4.34. The molecule has 0 saturated carbocycles. The van der Waals surface area contributed by atoms with Crippen LogP contribution in [0.4, 0.5) is 6.01 Å². The van der Waals surface area contributed by atoms with Crippen LogP contribution in [0.15, 0.2) is 28.8 Å². The summed E-state index contributed by atoms with van der Waals surface area (Å²) < 4.78 is 5.17.